The monoisotopic (exact) mass is 355 g/mol. The van der Waals surface area contributed by atoms with Crippen LogP contribution in [0.2, 0.25) is 0 Å². The van der Waals surface area contributed by atoms with Gasteiger partial charge in [-0.25, -0.2) is 9.97 Å². The Morgan fingerprint density at radius 1 is 1.19 bits per heavy atom. The molecule has 1 fully saturated rings. The molecule has 6 nitrogen and oxygen atoms in total. The van der Waals surface area contributed by atoms with Gasteiger partial charge < -0.3 is 14.4 Å². The molecule has 0 aliphatic carbocycles. The van der Waals surface area contributed by atoms with Gasteiger partial charge in [0.05, 0.1) is 13.2 Å². The van der Waals surface area contributed by atoms with Crippen LogP contribution in [0.5, 0.6) is 6.01 Å². The molecular weight excluding hydrogens is 330 g/mol. The molecule has 0 saturated carbocycles. The molecule has 1 amide bonds. The first-order valence-electron chi connectivity index (χ1n) is 9.11. The van der Waals surface area contributed by atoms with Crippen LogP contribution in [-0.2, 0) is 22.6 Å². The van der Waals surface area contributed by atoms with E-state index in [0.29, 0.717) is 19.2 Å². The number of hydrogen-bond donors (Lipinski definition) is 0. The van der Waals surface area contributed by atoms with Gasteiger partial charge in [0.1, 0.15) is 12.7 Å². The normalized spacial score (nSPS) is 17.1. The number of hydrogen-bond acceptors (Lipinski definition) is 5. The average Bonchev–Trinajstić information content (AvgIpc) is 2.69. The highest BCUT2D eigenvalue weighted by Gasteiger charge is 2.25. The zero-order chi connectivity index (χ0) is 18.2. The second kappa shape index (κ2) is 9.29. The predicted octanol–water partition coefficient (Wildman–Crippen LogP) is 2.63. The lowest BCUT2D eigenvalue weighted by atomic mass is 10.1. The molecule has 3 rings (SSSR count). The Morgan fingerprint density at radius 3 is 2.69 bits per heavy atom. The van der Waals surface area contributed by atoms with Crippen LogP contribution in [-0.4, -0.2) is 46.6 Å². The third kappa shape index (κ3) is 5.26. The summed E-state index contributed by atoms with van der Waals surface area (Å²) in [4.78, 5) is 22.7. The van der Waals surface area contributed by atoms with E-state index in [9.17, 15) is 4.79 Å². The smallest absolute Gasteiger partial charge is 0.316 e. The molecule has 26 heavy (non-hydrogen) atoms. The number of benzene rings is 1. The lowest BCUT2D eigenvalue weighted by Crippen LogP contribution is -2.45. The van der Waals surface area contributed by atoms with Gasteiger partial charge >= 0.3 is 6.01 Å². The maximum Gasteiger partial charge on any atom is 0.316 e. The van der Waals surface area contributed by atoms with Crippen LogP contribution in [0, 0.1) is 0 Å². The lowest BCUT2D eigenvalue weighted by molar-refractivity contribution is -0.139. The van der Waals surface area contributed by atoms with E-state index in [2.05, 4.69) is 16.9 Å². The van der Waals surface area contributed by atoms with Crippen molar-refractivity contribution in [3.8, 4) is 6.01 Å². The molecule has 1 aromatic carbocycles. The highest BCUT2D eigenvalue weighted by Crippen LogP contribution is 2.16. The Bertz CT molecular complexity index is 691. The second-order valence-corrected chi connectivity index (χ2v) is 6.43. The Morgan fingerprint density at radius 2 is 1.96 bits per heavy atom. The average molecular weight is 355 g/mol. The fourth-order valence-corrected chi connectivity index (χ4v) is 2.92. The van der Waals surface area contributed by atoms with Crippen molar-refractivity contribution in [3.63, 3.8) is 0 Å². The minimum atomic E-state index is -0.0747. The van der Waals surface area contributed by atoms with Gasteiger partial charge in [0.2, 0.25) is 5.91 Å². The van der Waals surface area contributed by atoms with Gasteiger partial charge in [0.25, 0.3) is 0 Å². The van der Waals surface area contributed by atoms with E-state index in [0.717, 1.165) is 36.9 Å². The second-order valence-electron chi connectivity index (χ2n) is 6.43. The van der Waals surface area contributed by atoms with E-state index in [-0.39, 0.29) is 18.6 Å². The highest BCUT2D eigenvalue weighted by molar-refractivity contribution is 5.77. The van der Waals surface area contributed by atoms with Crippen molar-refractivity contribution in [2.24, 2.45) is 0 Å². The van der Waals surface area contributed by atoms with Crippen molar-refractivity contribution in [2.75, 3.05) is 19.7 Å². The fourth-order valence-electron chi connectivity index (χ4n) is 2.92. The van der Waals surface area contributed by atoms with Gasteiger partial charge in [-0.1, -0.05) is 37.3 Å². The standard InChI is InChI=1S/C20H25N3O3/c1-2-16-11-21-20(22-12-16)26-18-9-6-10-23(13-18)19(24)15-25-14-17-7-4-3-5-8-17/h3-5,7-8,11-12,18H,2,6,9-10,13-15H2,1H3. The highest BCUT2D eigenvalue weighted by atomic mass is 16.5. The molecule has 1 unspecified atom stereocenters. The Labute approximate surface area is 154 Å². The maximum absolute atomic E-state index is 12.4. The van der Waals surface area contributed by atoms with E-state index < -0.39 is 0 Å². The first-order chi connectivity index (χ1) is 12.7. The summed E-state index contributed by atoms with van der Waals surface area (Å²) in [6.07, 6.45) is 6.19. The third-order valence-corrected chi connectivity index (χ3v) is 4.43. The number of amides is 1. The number of likely N-dealkylation sites (tertiary alicyclic amines) is 1. The van der Waals surface area contributed by atoms with Crippen LogP contribution in [0.3, 0.4) is 0 Å². The van der Waals surface area contributed by atoms with Crippen molar-refractivity contribution < 1.29 is 14.3 Å². The van der Waals surface area contributed by atoms with Crippen LogP contribution in [0.1, 0.15) is 30.9 Å². The number of nitrogens with zero attached hydrogens (tertiary/aromatic N) is 3. The number of ether oxygens (including phenoxy) is 2. The molecule has 1 atom stereocenters. The van der Waals surface area contributed by atoms with Gasteiger partial charge in [-0.3, -0.25) is 4.79 Å². The number of carbonyl (C=O) groups is 1. The summed E-state index contributed by atoms with van der Waals surface area (Å²) < 4.78 is 11.4. The molecule has 6 heteroatoms. The quantitative estimate of drug-likeness (QED) is 0.764. The topological polar surface area (TPSA) is 64.5 Å². The Balaban J connectivity index is 1.45. The lowest BCUT2D eigenvalue weighted by Gasteiger charge is -2.32. The molecule has 2 heterocycles. The minimum absolute atomic E-state index is 0.00326. The molecule has 1 saturated heterocycles. The largest absolute Gasteiger partial charge is 0.458 e. The summed E-state index contributed by atoms with van der Waals surface area (Å²) in [5.41, 5.74) is 2.14. The molecule has 0 radical (unpaired) electrons. The van der Waals surface area contributed by atoms with E-state index in [1.54, 1.807) is 17.3 Å². The molecule has 2 aromatic rings. The number of piperidine rings is 1. The Hall–Kier alpha value is -2.47. The molecule has 138 valence electrons. The SMILES string of the molecule is CCc1cnc(OC2CCCN(C(=O)COCc3ccccc3)C2)nc1. The van der Waals surface area contributed by atoms with Crippen molar-refractivity contribution in [3.05, 3.63) is 53.9 Å². The molecule has 1 aliphatic heterocycles. The van der Waals surface area contributed by atoms with Crippen LogP contribution < -0.4 is 4.74 Å². The van der Waals surface area contributed by atoms with E-state index in [1.807, 2.05) is 30.3 Å². The number of carbonyl (C=O) groups excluding carboxylic acids is 1. The zero-order valence-corrected chi connectivity index (χ0v) is 15.1. The number of rotatable bonds is 7. The van der Waals surface area contributed by atoms with E-state index in [4.69, 9.17) is 9.47 Å². The molecular formula is C20H25N3O3. The van der Waals surface area contributed by atoms with Gasteiger partial charge in [0, 0.05) is 18.9 Å². The van der Waals surface area contributed by atoms with Crippen LogP contribution in [0.4, 0.5) is 0 Å². The zero-order valence-electron chi connectivity index (χ0n) is 15.1. The van der Waals surface area contributed by atoms with Crippen LogP contribution in [0.15, 0.2) is 42.7 Å². The van der Waals surface area contributed by atoms with Crippen LogP contribution >= 0.6 is 0 Å². The van der Waals surface area contributed by atoms with Gasteiger partial charge in [-0.05, 0) is 30.4 Å². The van der Waals surface area contributed by atoms with Crippen molar-refractivity contribution in [2.45, 2.75) is 38.9 Å². The van der Waals surface area contributed by atoms with E-state index in [1.165, 1.54) is 0 Å². The Kier molecular flexibility index (Phi) is 6.55. The summed E-state index contributed by atoms with van der Waals surface area (Å²) in [5.74, 6) is -0.00326. The van der Waals surface area contributed by atoms with Crippen molar-refractivity contribution in [1.82, 2.24) is 14.9 Å². The predicted molar refractivity (Wildman–Crippen MR) is 97.7 cm³/mol. The molecule has 0 spiro atoms. The molecule has 1 aliphatic rings. The van der Waals surface area contributed by atoms with Gasteiger partial charge in [0.15, 0.2) is 0 Å². The van der Waals surface area contributed by atoms with Crippen molar-refractivity contribution >= 4 is 5.91 Å². The summed E-state index contributed by atoms with van der Waals surface area (Å²) in [6.45, 7) is 3.88. The summed E-state index contributed by atoms with van der Waals surface area (Å²) in [5, 5.41) is 0. The number of aromatic nitrogens is 2. The fraction of sp³-hybridized carbons (Fsp3) is 0.450. The van der Waals surface area contributed by atoms with Crippen molar-refractivity contribution in [1.29, 1.82) is 0 Å². The third-order valence-electron chi connectivity index (χ3n) is 4.43. The number of aryl methyl sites for hydroxylation is 1. The van der Waals surface area contributed by atoms with Crippen LogP contribution in [0.25, 0.3) is 0 Å². The summed E-state index contributed by atoms with van der Waals surface area (Å²) in [7, 11) is 0. The first-order valence-corrected chi connectivity index (χ1v) is 9.11. The molecule has 0 N–H and O–H groups in total. The molecule has 1 aromatic heterocycles. The summed E-state index contributed by atoms with van der Waals surface area (Å²) >= 11 is 0. The van der Waals surface area contributed by atoms with E-state index >= 15 is 0 Å². The maximum atomic E-state index is 12.4. The summed E-state index contributed by atoms with van der Waals surface area (Å²) in [6, 6.07) is 10.2. The molecule has 0 bridgehead atoms. The first kappa shape index (κ1) is 18.3. The van der Waals surface area contributed by atoms with Gasteiger partial charge in [-0.2, -0.15) is 0 Å². The van der Waals surface area contributed by atoms with Gasteiger partial charge in [-0.15, -0.1) is 0 Å². The minimum Gasteiger partial charge on any atom is -0.458 e.